The Morgan fingerprint density at radius 1 is 1.42 bits per heavy atom. The summed E-state index contributed by atoms with van der Waals surface area (Å²) in [6.45, 7) is 6.32. The van der Waals surface area contributed by atoms with Crippen LogP contribution in [0.4, 0.5) is 5.82 Å². The number of fused-ring (bicyclic) bond motifs is 1. The number of hydrogen-bond donors (Lipinski definition) is 1. The molecule has 0 saturated heterocycles. The van der Waals surface area contributed by atoms with E-state index in [1.165, 1.54) is 0 Å². The lowest BCUT2D eigenvalue weighted by atomic mass is 10.1. The van der Waals surface area contributed by atoms with Crippen LogP contribution in [-0.4, -0.2) is 29.7 Å². The average Bonchev–Trinajstić information content (AvgIpc) is 2.36. The molecule has 0 atom stereocenters. The second-order valence-corrected chi connectivity index (χ2v) is 4.67. The Morgan fingerprint density at radius 2 is 2.11 bits per heavy atom. The first-order valence-corrected chi connectivity index (χ1v) is 5.97. The number of likely N-dealkylation sites (N-methyl/N-ethyl adjacent to an activating group) is 1. The van der Waals surface area contributed by atoms with Gasteiger partial charge >= 0.3 is 5.97 Å². The summed E-state index contributed by atoms with van der Waals surface area (Å²) in [6, 6.07) is 9.15. The minimum atomic E-state index is -0.971. The fourth-order valence-electron chi connectivity index (χ4n) is 2.03. The van der Waals surface area contributed by atoms with Gasteiger partial charge in [-0.1, -0.05) is 30.4 Å². The molecular formula is C15H16N2O2. The van der Waals surface area contributed by atoms with Crippen LogP contribution in [0.3, 0.4) is 0 Å². The summed E-state index contributed by atoms with van der Waals surface area (Å²) in [5.74, 6) is -0.504. The molecule has 0 unspecified atom stereocenters. The van der Waals surface area contributed by atoms with Crippen LogP contribution in [0.1, 0.15) is 17.3 Å². The fraction of sp³-hybridized carbons (Fsp3) is 0.200. The van der Waals surface area contributed by atoms with Gasteiger partial charge in [-0.15, -0.1) is 0 Å². The number of aromatic carboxylic acids is 1. The molecule has 0 amide bonds. The predicted octanol–water partition coefficient (Wildman–Crippen LogP) is 2.95. The van der Waals surface area contributed by atoms with Gasteiger partial charge in [-0.3, -0.25) is 0 Å². The topological polar surface area (TPSA) is 53.4 Å². The predicted molar refractivity (Wildman–Crippen MR) is 76.8 cm³/mol. The highest BCUT2D eigenvalue weighted by atomic mass is 16.4. The molecule has 1 aromatic carbocycles. The Hall–Kier alpha value is -2.36. The standard InChI is InChI=1S/C15H16N2O2/c1-10(2)9-17(3)14-12(15(18)19)8-11-6-4-5-7-13(11)16-14/h4-8H,1,9H2,2-3H3,(H,18,19). The van der Waals surface area contributed by atoms with E-state index in [0.717, 1.165) is 16.5 Å². The molecule has 0 saturated carbocycles. The van der Waals surface area contributed by atoms with Crippen molar-refractivity contribution in [1.82, 2.24) is 4.98 Å². The van der Waals surface area contributed by atoms with Gasteiger partial charge in [0.05, 0.1) is 5.52 Å². The van der Waals surface area contributed by atoms with Crippen molar-refractivity contribution in [2.75, 3.05) is 18.5 Å². The molecule has 0 radical (unpaired) electrons. The average molecular weight is 256 g/mol. The molecular weight excluding hydrogens is 240 g/mol. The number of nitrogens with zero attached hydrogens (tertiary/aromatic N) is 2. The minimum Gasteiger partial charge on any atom is -0.478 e. The zero-order chi connectivity index (χ0) is 14.0. The van der Waals surface area contributed by atoms with E-state index in [9.17, 15) is 9.90 Å². The molecule has 0 fully saturated rings. The van der Waals surface area contributed by atoms with Gasteiger partial charge in [0.1, 0.15) is 11.4 Å². The number of pyridine rings is 1. The third-order valence-electron chi connectivity index (χ3n) is 2.80. The Morgan fingerprint density at radius 3 is 2.74 bits per heavy atom. The van der Waals surface area contributed by atoms with Gasteiger partial charge < -0.3 is 10.0 Å². The number of para-hydroxylation sites is 1. The summed E-state index contributed by atoms with van der Waals surface area (Å²) in [5, 5.41) is 10.1. The van der Waals surface area contributed by atoms with Crippen molar-refractivity contribution in [2.45, 2.75) is 6.92 Å². The number of hydrogen-bond acceptors (Lipinski definition) is 3. The van der Waals surface area contributed by atoms with Crippen LogP contribution in [0.5, 0.6) is 0 Å². The van der Waals surface area contributed by atoms with Crippen LogP contribution >= 0.6 is 0 Å². The maximum Gasteiger partial charge on any atom is 0.339 e. The Balaban J connectivity index is 2.59. The van der Waals surface area contributed by atoms with E-state index in [2.05, 4.69) is 11.6 Å². The van der Waals surface area contributed by atoms with E-state index < -0.39 is 5.97 Å². The van der Waals surface area contributed by atoms with Crippen molar-refractivity contribution in [3.8, 4) is 0 Å². The van der Waals surface area contributed by atoms with E-state index in [-0.39, 0.29) is 5.56 Å². The quantitative estimate of drug-likeness (QED) is 0.854. The van der Waals surface area contributed by atoms with Crippen molar-refractivity contribution < 1.29 is 9.90 Å². The Bertz CT molecular complexity index is 650. The summed E-state index contributed by atoms with van der Waals surface area (Å²) in [7, 11) is 1.82. The van der Waals surface area contributed by atoms with Crippen LogP contribution < -0.4 is 4.90 Å². The van der Waals surface area contributed by atoms with Crippen LogP contribution in [0.2, 0.25) is 0 Å². The molecule has 2 rings (SSSR count). The summed E-state index contributed by atoms with van der Waals surface area (Å²) in [5.41, 5.74) is 1.95. The normalized spacial score (nSPS) is 10.4. The Kier molecular flexibility index (Phi) is 3.51. The highest BCUT2D eigenvalue weighted by Gasteiger charge is 2.16. The minimum absolute atomic E-state index is 0.211. The van der Waals surface area contributed by atoms with E-state index in [0.29, 0.717) is 12.4 Å². The zero-order valence-corrected chi connectivity index (χ0v) is 11.1. The SMILES string of the molecule is C=C(C)CN(C)c1nc2ccccc2cc1C(=O)O. The van der Waals surface area contributed by atoms with Crippen LogP contribution in [0, 0.1) is 0 Å². The van der Waals surface area contributed by atoms with Gasteiger partial charge in [0.2, 0.25) is 0 Å². The molecule has 1 aromatic heterocycles. The van der Waals surface area contributed by atoms with Crippen molar-refractivity contribution in [1.29, 1.82) is 0 Å². The monoisotopic (exact) mass is 256 g/mol. The highest BCUT2D eigenvalue weighted by Crippen LogP contribution is 2.23. The molecule has 0 spiro atoms. The number of carbonyl (C=O) groups is 1. The van der Waals surface area contributed by atoms with Crippen LogP contribution in [-0.2, 0) is 0 Å². The second kappa shape index (κ2) is 5.10. The third-order valence-corrected chi connectivity index (χ3v) is 2.80. The van der Waals surface area contributed by atoms with Gasteiger partial charge in [0.15, 0.2) is 0 Å². The van der Waals surface area contributed by atoms with Gasteiger partial charge in [-0.2, -0.15) is 0 Å². The molecule has 2 aromatic rings. The van der Waals surface area contributed by atoms with Crippen LogP contribution in [0.25, 0.3) is 10.9 Å². The van der Waals surface area contributed by atoms with Gasteiger partial charge in [0, 0.05) is 19.0 Å². The van der Waals surface area contributed by atoms with Crippen molar-refractivity contribution in [3.63, 3.8) is 0 Å². The molecule has 1 N–H and O–H groups in total. The van der Waals surface area contributed by atoms with Crippen molar-refractivity contribution in [3.05, 3.63) is 48.0 Å². The molecule has 19 heavy (non-hydrogen) atoms. The third kappa shape index (κ3) is 2.73. The number of anilines is 1. The van der Waals surface area contributed by atoms with Crippen LogP contribution in [0.15, 0.2) is 42.5 Å². The van der Waals surface area contributed by atoms with Gasteiger partial charge in [-0.25, -0.2) is 9.78 Å². The summed E-state index contributed by atoms with van der Waals surface area (Å²) in [4.78, 5) is 17.6. The molecule has 0 aliphatic heterocycles. The number of carboxylic acids is 1. The smallest absolute Gasteiger partial charge is 0.339 e. The fourth-order valence-corrected chi connectivity index (χ4v) is 2.03. The maximum absolute atomic E-state index is 11.4. The lowest BCUT2D eigenvalue weighted by molar-refractivity contribution is 0.0697. The molecule has 0 aliphatic rings. The first kappa shape index (κ1) is 13.1. The molecule has 1 heterocycles. The first-order chi connectivity index (χ1) is 8.99. The zero-order valence-electron chi connectivity index (χ0n) is 11.1. The second-order valence-electron chi connectivity index (χ2n) is 4.67. The van der Waals surface area contributed by atoms with E-state index in [4.69, 9.17) is 0 Å². The summed E-state index contributed by atoms with van der Waals surface area (Å²) < 4.78 is 0. The van der Waals surface area contributed by atoms with Gasteiger partial charge in [-0.05, 0) is 19.1 Å². The largest absolute Gasteiger partial charge is 0.478 e. The first-order valence-electron chi connectivity index (χ1n) is 5.97. The number of rotatable bonds is 4. The molecule has 0 aliphatic carbocycles. The van der Waals surface area contributed by atoms with E-state index in [1.807, 2.05) is 38.2 Å². The number of benzene rings is 1. The number of carboxylic acid groups (broad SMARTS) is 1. The maximum atomic E-state index is 11.4. The molecule has 4 heteroatoms. The van der Waals surface area contributed by atoms with Crippen molar-refractivity contribution >= 4 is 22.7 Å². The lowest BCUT2D eigenvalue weighted by Crippen LogP contribution is -2.23. The highest BCUT2D eigenvalue weighted by molar-refractivity contribution is 5.98. The van der Waals surface area contributed by atoms with E-state index in [1.54, 1.807) is 11.0 Å². The summed E-state index contributed by atoms with van der Waals surface area (Å²) >= 11 is 0. The molecule has 4 nitrogen and oxygen atoms in total. The lowest BCUT2D eigenvalue weighted by Gasteiger charge is -2.20. The summed E-state index contributed by atoms with van der Waals surface area (Å²) in [6.07, 6.45) is 0. The Labute approximate surface area is 112 Å². The van der Waals surface area contributed by atoms with E-state index >= 15 is 0 Å². The van der Waals surface area contributed by atoms with Crippen molar-refractivity contribution in [2.24, 2.45) is 0 Å². The van der Waals surface area contributed by atoms with Gasteiger partial charge in [0.25, 0.3) is 0 Å². The number of aromatic nitrogens is 1. The molecule has 98 valence electrons. The molecule has 0 bridgehead atoms.